The van der Waals surface area contributed by atoms with Crippen molar-refractivity contribution in [2.45, 2.75) is 6.92 Å². The number of hydrogen-bond donors (Lipinski definition) is 0. The maximum Gasteiger partial charge on any atom is 0.166 e. The Kier molecular flexibility index (Phi) is 4.18. The molecule has 4 nitrogen and oxygen atoms in total. The first-order chi connectivity index (χ1) is 14.1. The molecular formula is C23H16ClFN4. The minimum Gasteiger partial charge on any atom is -0.309 e. The lowest BCUT2D eigenvalue weighted by molar-refractivity contribution is 0.628. The zero-order chi connectivity index (χ0) is 20.0. The van der Waals surface area contributed by atoms with Crippen LogP contribution >= 0.6 is 11.6 Å². The van der Waals surface area contributed by atoms with Crippen LogP contribution < -0.4 is 0 Å². The predicted octanol–water partition coefficient (Wildman–Crippen LogP) is 5.95. The predicted molar refractivity (Wildman–Crippen MR) is 113 cm³/mol. The number of aromatic nitrogens is 4. The van der Waals surface area contributed by atoms with Crippen molar-refractivity contribution in [1.29, 1.82) is 0 Å². The number of hydrogen-bond acceptors (Lipinski definition) is 2. The van der Waals surface area contributed by atoms with Gasteiger partial charge in [0.05, 0.1) is 11.4 Å². The van der Waals surface area contributed by atoms with Crippen LogP contribution in [-0.4, -0.2) is 19.2 Å². The number of fused-ring (bicyclic) bond motifs is 1. The van der Waals surface area contributed by atoms with Crippen molar-refractivity contribution in [1.82, 2.24) is 19.2 Å². The van der Waals surface area contributed by atoms with Crippen molar-refractivity contribution in [2.24, 2.45) is 0 Å². The summed E-state index contributed by atoms with van der Waals surface area (Å²) in [5, 5.41) is 5.43. The summed E-state index contributed by atoms with van der Waals surface area (Å²) >= 11 is 6.07. The molecule has 0 aliphatic heterocycles. The Morgan fingerprint density at radius 2 is 1.55 bits per heavy atom. The summed E-state index contributed by atoms with van der Waals surface area (Å²) in [5.41, 5.74) is 5.21. The lowest BCUT2D eigenvalue weighted by Gasteiger charge is -2.10. The zero-order valence-corrected chi connectivity index (χ0v) is 16.3. The highest BCUT2D eigenvalue weighted by Crippen LogP contribution is 2.32. The van der Waals surface area contributed by atoms with Gasteiger partial charge in [0.15, 0.2) is 5.65 Å². The highest BCUT2D eigenvalue weighted by atomic mass is 35.5. The SMILES string of the molecule is Cc1nn2c(-c3ccc(F)cc3)cc(-n3cccc3)nc2c1-c1ccc(Cl)cc1. The maximum absolute atomic E-state index is 13.5. The lowest BCUT2D eigenvalue weighted by Crippen LogP contribution is -2.02. The summed E-state index contributed by atoms with van der Waals surface area (Å²) in [4.78, 5) is 4.90. The van der Waals surface area contributed by atoms with Gasteiger partial charge in [0.25, 0.3) is 0 Å². The van der Waals surface area contributed by atoms with Gasteiger partial charge in [-0.2, -0.15) is 5.10 Å². The van der Waals surface area contributed by atoms with Gasteiger partial charge < -0.3 is 4.57 Å². The molecule has 0 radical (unpaired) electrons. The highest BCUT2D eigenvalue weighted by Gasteiger charge is 2.18. The summed E-state index contributed by atoms with van der Waals surface area (Å²) in [5.74, 6) is 0.486. The van der Waals surface area contributed by atoms with E-state index in [1.807, 2.05) is 70.9 Å². The molecule has 0 spiro atoms. The van der Waals surface area contributed by atoms with Crippen LogP contribution in [-0.2, 0) is 0 Å². The molecule has 0 aliphatic rings. The molecule has 142 valence electrons. The van der Waals surface area contributed by atoms with E-state index in [0.717, 1.165) is 39.5 Å². The summed E-state index contributed by atoms with van der Waals surface area (Å²) in [6.45, 7) is 1.96. The van der Waals surface area contributed by atoms with Gasteiger partial charge in [-0.3, -0.25) is 0 Å². The minimum atomic E-state index is -0.275. The van der Waals surface area contributed by atoms with Crippen LogP contribution in [0.15, 0.2) is 79.1 Å². The maximum atomic E-state index is 13.5. The Labute approximate surface area is 171 Å². The van der Waals surface area contributed by atoms with Crippen LogP contribution in [0.4, 0.5) is 4.39 Å². The second kappa shape index (κ2) is 6.87. The van der Waals surface area contributed by atoms with Gasteiger partial charge in [-0.25, -0.2) is 13.9 Å². The molecule has 0 amide bonds. The Morgan fingerprint density at radius 3 is 2.24 bits per heavy atom. The molecule has 0 saturated carbocycles. The van der Waals surface area contributed by atoms with E-state index in [0.29, 0.717) is 5.02 Å². The van der Waals surface area contributed by atoms with Gasteiger partial charge in [0.1, 0.15) is 11.6 Å². The third-order valence-electron chi connectivity index (χ3n) is 4.89. The molecule has 6 heteroatoms. The van der Waals surface area contributed by atoms with E-state index in [4.69, 9.17) is 21.7 Å². The molecule has 2 aromatic carbocycles. The van der Waals surface area contributed by atoms with Crippen LogP contribution in [0.3, 0.4) is 0 Å². The molecule has 5 rings (SSSR count). The van der Waals surface area contributed by atoms with E-state index in [2.05, 4.69) is 0 Å². The number of nitrogens with zero attached hydrogens (tertiary/aromatic N) is 4. The van der Waals surface area contributed by atoms with Crippen LogP contribution in [0.25, 0.3) is 33.8 Å². The number of rotatable bonds is 3. The average Bonchev–Trinajstić information content (AvgIpc) is 3.36. The Bertz CT molecular complexity index is 1300. The van der Waals surface area contributed by atoms with E-state index in [-0.39, 0.29) is 5.82 Å². The number of aryl methyl sites for hydroxylation is 1. The second-order valence-electron chi connectivity index (χ2n) is 6.80. The van der Waals surface area contributed by atoms with E-state index in [1.54, 1.807) is 12.1 Å². The molecule has 29 heavy (non-hydrogen) atoms. The summed E-state index contributed by atoms with van der Waals surface area (Å²) in [7, 11) is 0. The van der Waals surface area contributed by atoms with Gasteiger partial charge in [0.2, 0.25) is 0 Å². The molecule has 0 atom stereocenters. The Balaban J connectivity index is 1.83. The molecule has 0 bridgehead atoms. The van der Waals surface area contributed by atoms with Crippen molar-refractivity contribution in [3.8, 4) is 28.2 Å². The number of halogens is 2. The van der Waals surface area contributed by atoms with Gasteiger partial charge >= 0.3 is 0 Å². The monoisotopic (exact) mass is 402 g/mol. The fourth-order valence-electron chi connectivity index (χ4n) is 3.51. The summed E-state index contributed by atoms with van der Waals surface area (Å²) in [6, 6.07) is 19.9. The molecular weight excluding hydrogens is 387 g/mol. The largest absolute Gasteiger partial charge is 0.309 e. The molecule has 0 N–H and O–H groups in total. The fourth-order valence-corrected chi connectivity index (χ4v) is 3.64. The fraction of sp³-hybridized carbons (Fsp3) is 0.0435. The Hall–Kier alpha value is -3.44. The van der Waals surface area contributed by atoms with E-state index >= 15 is 0 Å². The van der Waals surface area contributed by atoms with Gasteiger partial charge in [-0.15, -0.1) is 0 Å². The van der Waals surface area contributed by atoms with Gasteiger partial charge in [0, 0.05) is 34.6 Å². The van der Waals surface area contributed by atoms with Crippen LogP contribution in [0, 0.1) is 12.7 Å². The number of benzene rings is 2. The standard InChI is InChI=1S/C23H16ClFN4/c1-15-22(17-4-8-18(24)9-5-17)23-26-21(28-12-2-3-13-28)14-20(29(23)27-15)16-6-10-19(25)11-7-16/h2-14H,1H3. The average molecular weight is 403 g/mol. The smallest absolute Gasteiger partial charge is 0.166 e. The third-order valence-corrected chi connectivity index (χ3v) is 5.14. The second-order valence-corrected chi connectivity index (χ2v) is 7.24. The quantitative estimate of drug-likeness (QED) is 0.373. The normalized spacial score (nSPS) is 11.3. The third kappa shape index (κ3) is 3.09. The van der Waals surface area contributed by atoms with Crippen molar-refractivity contribution in [3.05, 3.63) is 95.7 Å². The minimum absolute atomic E-state index is 0.275. The molecule has 0 fully saturated rings. The van der Waals surface area contributed by atoms with Crippen LogP contribution in [0.5, 0.6) is 0 Å². The summed E-state index contributed by atoms with van der Waals surface area (Å²) < 4.78 is 17.3. The lowest BCUT2D eigenvalue weighted by atomic mass is 10.1. The zero-order valence-electron chi connectivity index (χ0n) is 15.6. The van der Waals surface area contributed by atoms with Crippen LogP contribution in [0.2, 0.25) is 5.02 Å². The Morgan fingerprint density at radius 1 is 0.897 bits per heavy atom. The van der Waals surface area contributed by atoms with E-state index in [1.165, 1.54) is 12.1 Å². The molecule has 5 aromatic rings. The van der Waals surface area contributed by atoms with Crippen molar-refractivity contribution in [3.63, 3.8) is 0 Å². The molecule has 3 aromatic heterocycles. The summed E-state index contributed by atoms with van der Waals surface area (Å²) in [6.07, 6.45) is 3.89. The molecule has 3 heterocycles. The van der Waals surface area contributed by atoms with E-state index in [9.17, 15) is 4.39 Å². The van der Waals surface area contributed by atoms with Crippen molar-refractivity contribution in [2.75, 3.05) is 0 Å². The first-order valence-electron chi connectivity index (χ1n) is 9.16. The molecule has 0 unspecified atom stereocenters. The van der Waals surface area contributed by atoms with Crippen molar-refractivity contribution < 1.29 is 4.39 Å². The van der Waals surface area contributed by atoms with Crippen LogP contribution in [0.1, 0.15) is 5.69 Å². The highest BCUT2D eigenvalue weighted by molar-refractivity contribution is 6.30. The van der Waals surface area contributed by atoms with Crippen molar-refractivity contribution >= 4 is 17.2 Å². The molecule has 0 aliphatic carbocycles. The topological polar surface area (TPSA) is 35.1 Å². The van der Waals surface area contributed by atoms with E-state index < -0.39 is 0 Å². The first kappa shape index (κ1) is 17.6. The van der Waals surface area contributed by atoms with Gasteiger partial charge in [-0.05, 0) is 61.0 Å². The molecule has 0 saturated heterocycles. The first-order valence-corrected chi connectivity index (χ1v) is 9.53. The van der Waals surface area contributed by atoms with Gasteiger partial charge in [-0.1, -0.05) is 23.7 Å².